The van der Waals surface area contributed by atoms with E-state index in [0.717, 1.165) is 50.5 Å². The number of ether oxygens (including phenoxy) is 1. The highest BCUT2D eigenvalue weighted by atomic mass is 16.5. The van der Waals surface area contributed by atoms with Gasteiger partial charge < -0.3 is 19.8 Å². The van der Waals surface area contributed by atoms with Gasteiger partial charge >= 0.3 is 5.97 Å². The molecule has 1 fully saturated rings. The van der Waals surface area contributed by atoms with E-state index >= 15 is 0 Å². The molecule has 0 saturated heterocycles. The number of rotatable bonds is 10. The van der Waals surface area contributed by atoms with Crippen LogP contribution in [0.4, 0.5) is 0 Å². The van der Waals surface area contributed by atoms with Crippen molar-refractivity contribution in [2.75, 3.05) is 7.05 Å². The van der Waals surface area contributed by atoms with Crippen LogP contribution in [-0.2, 0) is 22.5 Å². The van der Waals surface area contributed by atoms with E-state index in [2.05, 4.69) is 12.1 Å². The van der Waals surface area contributed by atoms with Crippen molar-refractivity contribution in [3.63, 3.8) is 0 Å². The minimum atomic E-state index is -0.485. The quantitative estimate of drug-likeness (QED) is 0.376. The van der Waals surface area contributed by atoms with Crippen molar-refractivity contribution in [2.45, 2.75) is 91.2 Å². The number of hydrogen-bond acceptors (Lipinski definition) is 5. The lowest BCUT2D eigenvalue weighted by Crippen LogP contribution is -2.29. The first-order chi connectivity index (χ1) is 17.0. The molecule has 0 radical (unpaired) electrons. The van der Waals surface area contributed by atoms with Crippen LogP contribution in [0, 0.1) is 5.41 Å². The van der Waals surface area contributed by atoms with Crippen molar-refractivity contribution >= 4 is 11.9 Å². The Hall–Kier alpha value is -3.02. The second-order valence-corrected chi connectivity index (χ2v) is 11.1. The molecule has 1 aliphatic rings. The van der Waals surface area contributed by atoms with Crippen molar-refractivity contribution in [3.05, 3.63) is 58.7 Å². The first-order valence-corrected chi connectivity index (χ1v) is 13.1. The third-order valence-corrected chi connectivity index (χ3v) is 7.18. The molecule has 196 valence electrons. The number of benzene rings is 2. The first kappa shape index (κ1) is 27.6. The summed E-state index contributed by atoms with van der Waals surface area (Å²) in [5.74, 6) is -0.591. The predicted octanol–water partition coefficient (Wildman–Crippen LogP) is 6.33. The van der Waals surface area contributed by atoms with Crippen molar-refractivity contribution in [2.24, 2.45) is 5.41 Å². The zero-order chi connectivity index (χ0) is 26.5. The van der Waals surface area contributed by atoms with E-state index < -0.39 is 5.41 Å². The molecular formula is C30H41NO5. The molecule has 2 aromatic carbocycles. The molecule has 6 heteroatoms. The first-order valence-electron chi connectivity index (χ1n) is 13.1. The maximum atomic E-state index is 13.0. The van der Waals surface area contributed by atoms with Gasteiger partial charge in [0.2, 0.25) is 0 Å². The molecule has 0 bridgehead atoms. The van der Waals surface area contributed by atoms with Crippen LogP contribution in [0.1, 0.15) is 99.2 Å². The molecular weight excluding hydrogens is 454 g/mol. The number of esters is 1. The van der Waals surface area contributed by atoms with E-state index in [4.69, 9.17) is 4.74 Å². The fourth-order valence-corrected chi connectivity index (χ4v) is 4.74. The lowest BCUT2D eigenvalue weighted by Gasteiger charge is -2.25. The van der Waals surface area contributed by atoms with Gasteiger partial charge in [0, 0.05) is 19.7 Å². The highest BCUT2D eigenvalue weighted by Gasteiger charge is 2.31. The second-order valence-electron chi connectivity index (χ2n) is 11.1. The molecule has 0 spiro atoms. The molecule has 0 aliphatic heterocycles. The Morgan fingerprint density at radius 2 is 1.64 bits per heavy atom. The zero-order valence-electron chi connectivity index (χ0n) is 22.3. The number of aryl methyl sites for hydroxylation is 1. The van der Waals surface area contributed by atoms with Crippen LogP contribution in [0.5, 0.6) is 11.5 Å². The second kappa shape index (κ2) is 11.8. The summed E-state index contributed by atoms with van der Waals surface area (Å²) in [5.41, 5.74) is 2.50. The average molecular weight is 496 g/mol. The Morgan fingerprint density at radius 1 is 1.03 bits per heavy atom. The minimum Gasteiger partial charge on any atom is -0.508 e. The fraction of sp³-hybridized carbons (Fsp3) is 0.533. The van der Waals surface area contributed by atoms with Crippen molar-refractivity contribution in [3.8, 4) is 11.5 Å². The topological polar surface area (TPSA) is 87.1 Å². The number of carbonyl (C=O) groups excluding carboxylic acids is 2. The van der Waals surface area contributed by atoms with E-state index in [1.54, 1.807) is 18.0 Å². The van der Waals surface area contributed by atoms with E-state index in [-0.39, 0.29) is 41.0 Å². The van der Waals surface area contributed by atoms with Gasteiger partial charge in [-0.3, -0.25) is 9.59 Å². The van der Waals surface area contributed by atoms with Gasteiger partial charge in [-0.15, -0.1) is 0 Å². The summed E-state index contributed by atoms with van der Waals surface area (Å²) < 4.78 is 5.71. The summed E-state index contributed by atoms with van der Waals surface area (Å²) in [4.78, 5) is 27.1. The molecule has 2 aromatic rings. The summed E-state index contributed by atoms with van der Waals surface area (Å²) in [5, 5.41) is 20.3. The van der Waals surface area contributed by atoms with Gasteiger partial charge in [0.25, 0.3) is 5.91 Å². The van der Waals surface area contributed by atoms with Crippen LogP contribution < -0.4 is 0 Å². The Kier molecular flexibility index (Phi) is 9.04. The van der Waals surface area contributed by atoms with E-state index in [1.807, 2.05) is 39.8 Å². The number of nitrogens with zero attached hydrogens (tertiary/aromatic N) is 1. The number of carbonyl (C=O) groups is 2. The van der Waals surface area contributed by atoms with E-state index in [9.17, 15) is 19.8 Å². The molecule has 1 saturated carbocycles. The average Bonchev–Trinajstić information content (AvgIpc) is 3.32. The minimum absolute atomic E-state index is 0.00798. The van der Waals surface area contributed by atoms with Crippen molar-refractivity contribution in [1.82, 2.24) is 4.90 Å². The SMILES string of the molecule is CC(C)c1cc(C(=O)N(C)Cc2ccc(CCCC(C)(C)C(=O)OC3CCCC3)cc2)c(O)cc1O. The monoisotopic (exact) mass is 495 g/mol. The van der Waals surface area contributed by atoms with Crippen LogP contribution in [0.25, 0.3) is 0 Å². The number of phenolic OH excluding ortho intramolecular Hbond substituents is 2. The smallest absolute Gasteiger partial charge is 0.311 e. The zero-order valence-corrected chi connectivity index (χ0v) is 22.3. The summed E-state index contributed by atoms with van der Waals surface area (Å²) >= 11 is 0. The van der Waals surface area contributed by atoms with Gasteiger partial charge in [-0.25, -0.2) is 0 Å². The van der Waals surface area contributed by atoms with Gasteiger partial charge in [-0.2, -0.15) is 0 Å². The van der Waals surface area contributed by atoms with E-state index in [0.29, 0.717) is 12.1 Å². The van der Waals surface area contributed by atoms with Crippen LogP contribution in [0.15, 0.2) is 36.4 Å². The third kappa shape index (κ3) is 7.02. The van der Waals surface area contributed by atoms with Gasteiger partial charge in [0.1, 0.15) is 17.6 Å². The summed E-state index contributed by atoms with van der Waals surface area (Å²) in [6, 6.07) is 11.0. The molecule has 1 amide bonds. The molecule has 1 aliphatic carbocycles. The van der Waals surface area contributed by atoms with Crippen LogP contribution in [0.2, 0.25) is 0 Å². The van der Waals surface area contributed by atoms with E-state index in [1.165, 1.54) is 11.6 Å². The number of phenols is 2. The molecule has 2 N–H and O–H groups in total. The maximum Gasteiger partial charge on any atom is 0.311 e. The Bertz CT molecular complexity index is 1050. The van der Waals surface area contributed by atoms with Crippen LogP contribution in [0.3, 0.4) is 0 Å². The summed E-state index contributed by atoms with van der Waals surface area (Å²) in [7, 11) is 1.70. The van der Waals surface area contributed by atoms with Gasteiger partial charge in [0.05, 0.1) is 11.0 Å². The summed E-state index contributed by atoms with van der Waals surface area (Å²) in [6.07, 6.45) is 6.91. The normalized spacial score (nSPS) is 14.3. The predicted molar refractivity (Wildman–Crippen MR) is 141 cm³/mol. The maximum absolute atomic E-state index is 13.0. The standard InChI is InChI=1S/C30H41NO5/c1-20(2)24-17-25(27(33)18-26(24)32)28(34)31(5)19-22-14-12-21(13-15-22)9-8-16-30(3,4)29(35)36-23-10-6-7-11-23/h12-15,17-18,20,23,32-33H,6-11,16,19H2,1-5H3. The third-order valence-electron chi connectivity index (χ3n) is 7.18. The van der Waals surface area contributed by atoms with Gasteiger partial charge in [-0.05, 0) is 87.5 Å². The Balaban J connectivity index is 1.52. The van der Waals surface area contributed by atoms with Crippen LogP contribution in [-0.4, -0.2) is 40.1 Å². The Labute approximate surface area is 215 Å². The lowest BCUT2D eigenvalue weighted by molar-refractivity contribution is -0.159. The molecule has 0 atom stereocenters. The van der Waals surface area contributed by atoms with Gasteiger partial charge in [0.15, 0.2) is 0 Å². The van der Waals surface area contributed by atoms with Gasteiger partial charge in [-0.1, -0.05) is 38.1 Å². The summed E-state index contributed by atoms with van der Waals surface area (Å²) in [6.45, 7) is 8.19. The largest absolute Gasteiger partial charge is 0.508 e. The number of amides is 1. The van der Waals surface area contributed by atoms with Crippen molar-refractivity contribution < 1.29 is 24.5 Å². The molecule has 36 heavy (non-hydrogen) atoms. The molecule has 6 nitrogen and oxygen atoms in total. The molecule has 0 heterocycles. The highest BCUT2D eigenvalue weighted by molar-refractivity contribution is 5.97. The number of hydrogen-bond donors (Lipinski definition) is 2. The number of aromatic hydroxyl groups is 2. The lowest BCUT2D eigenvalue weighted by atomic mass is 9.86. The molecule has 3 rings (SSSR count). The van der Waals surface area contributed by atoms with Crippen molar-refractivity contribution in [1.29, 1.82) is 0 Å². The van der Waals surface area contributed by atoms with Crippen LogP contribution >= 0.6 is 0 Å². The fourth-order valence-electron chi connectivity index (χ4n) is 4.74. The highest BCUT2D eigenvalue weighted by Crippen LogP contribution is 2.33. The Morgan fingerprint density at radius 3 is 2.25 bits per heavy atom. The molecule has 0 aromatic heterocycles. The molecule has 0 unspecified atom stereocenters.